The van der Waals surface area contributed by atoms with E-state index in [1.807, 2.05) is 27.7 Å². The molecule has 0 aliphatic rings. The molecule has 0 fully saturated rings. The van der Waals surface area contributed by atoms with E-state index in [4.69, 9.17) is 0 Å². The van der Waals surface area contributed by atoms with Gasteiger partial charge in [0.25, 0.3) is 5.91 Å². The van der Waals surface area contributed by atoms with Gasteiger partial charge in [-0.1, -0.05) is 13.8 Å². The van der Waals surface area contributed by atoms with Crippen LogP contribution in [0.25, 0.3) is 5.69 Å². The Morgan fingerprint density at radius 1 is 1.12 bits per heavy atom. The van der Waals surface area contributed by atoms with E-state index in [2.05, 4.69) is 10.4 Å². The Bertz CT molecular complexity index is 931. The third-order valence-electron chi connectivity index (χ3n) is 4.97. The van der Waals surface area contributed by atoms with Crippen LogP contribution in [0.4, 0.5) is 4.39 Å². The second-order valence-corrected chi connectivity index (χ2v) is 8.54. The Kier molecular flexibility index (Phi) is 11.7. The van der Waals surface area contributed by atoms with Gasteiger partial charge in [-0.2, -0.15) is 5.10 Å². The molecule has 3 N–H and O–H groups in total. The Morgan fingerprint density at radius 3 is 2.24 bits per heavy atom. The van der Waals surface area contributed by atoms with Gasteiger partial charge < -0.3 is 25.4 Å². The predicted octanol–water partition coefficient (Wildman–Crippen LogP) is -1.54. The van der Waals surface area contributed by atoms with Gasteiger partial charge in [-0.3, -0.25) is 4.79 Å². The fourth-order valence-corrected chi connectivity index (χ4v) is 3.62. The molecule has 0 spiro atoms. The number of aliphatic carboxylic acids is 1. The number of halogens is 1. The number of aromatic nitrogens is 2. The number of carboxylic acids is 1. The maximum Gasteiger partial charge on any atom is 1.00 e. The fourth-order valence-electron chi connectivity index (χ4n) is 3.62. The molecule has 0 unspecified atom stereocenters. The molecule has 2 rings (SSSR count). The standard InChI is InChI=1S/C23H32FN3O5.Na/c1-13(2)21-19(10-9-17(28)11-18(29)12-20(30)31)27(16-7-5-15(24)6-8-16)26-22(21)23(32)25-14(3)4;/h5-8,13-14,17-18,28-29H,9-12H2,1-4H3,(H,25,32)(H,30,31);/q;+1/p-1/t17-,18-;/m1./s1. The largest absolute Gasteiger partial charge is 1.00 e. The molecule has 2 atom stereocenters. The van der Waals surface area contributed by atoms with Gasteiger partial charge in [0.1, 0.15) is 5.82 Å². The molecular weight excluding hydrogens is 440 g/mol. The molecule has 0 bridgehead atoms. The molecule has 1 heterocycles. The number of hydrogen-bond acceptors (Lipinski definition) is 6. The molecule has 10 heteroatoms. The first-order chi connectivity index (χ1) is 15.0. The Morgan fingerprint density at radius 2 is 1.73 bits per heavy atom. The van der Waals surface area contributed by atoms with Gasteiger partial charge in [-0.05, 0) is 63.3 Å². The molecule has 0 saturated carbocycles. The number of nitrogens with zero attached hydrogens (tertiary/aromatic N) is 2. The summed E-state index contributed by atoms with van der Waals surface area (Å²) in [5.74, 6) is -2.17. The Hall–Kier alpha value is -1.78. The minimum Gasteiger partial charge on any atom is -0.550 e. The normalized spacial score (nSPS) is 13.0. The average Bonchev–Trinajstić information content (AvgIpc) is 3.05. The number of carbonyl (C=O) groups is 2. The van der Waals surface area contributed by atoms with Crippen LogP contribution in [0.15, 0.2) is 24.3 Å². The monoisotopic (exact) mass is 471 g/mol. The molecule has 0 radical (unpaired) electrons. The van der Waals surface area contributed by atoms with Gasteiger partial charge in [0.2, 0.25) is 0 Å². The maximum atomic E-state index is 13.5. The second kappa shape index (κ2) is 13.2. The van der Waals surface area contributed by atoms with E-state index < -0.39 is 30.4 Å². The molecular formula is C23H31FN3NaO5. The van der Waals surface area contributed by atoms with Crippen LogP contribution in [0, 0.1) is 5.82 Å². The summed E-state index contributed by atoms with van der Waals surface area (Å²) in [7, 11) is 0. The number of nitrogens with one attached hydrogen (secondary N) is 1. The summed E-state index contributed by atoms with van der Waals surface area (Å²) in [5.41, 5.74) is 2.24. The van der Waals surface area contributed by atoms with Crippen LogP contribution in [-0.2, 0) is 11.2 Å². The Balaban J connectivity index is 0.00000544. The van der Waals surface area contributed by atoms with Crippen LogP contribution >= 0.6 is 0 Å². The van der Waals surface area contributed by atoms with E-state index in [9.17, 15) is 29.3 Å². The summed E-state index contributed by atoms with van der Waals surface area (Å²) in [4.78, 5) is 23.5. The number of aliphatic hydroxyl groups is 2. The summed E-state index contributed by atoms with van der Waals surface area (Å²) in [6.07, 6.45) is -2.33. The Labute approximate surface area is 215 Å². The van der Waals surface area contributed by atoms with E-state index in [1.165, 1.54) is 12.1 Å². The van der Waals surface area contributed by atoms with Gasteiger partial charge in [0.15, 0.2) is 5.69 Å². The van der Waals surface area contributed by atoms with Gasteiger partial charge >= 0.3 is 29.6 Å². The van der Waals surface area contributed by atoms with Crippen LogP contribution in [-0.4, -0.2) is 50.1 Å². The van der Waals surface area contributed by atoms with E-state index >= 15 is 0 Å². The van der Waals surface area contributed by atoms with Crippen molar-refractivity contribution in [2.45, 2.75) is 77.5 Å². The first-order valence-electron chi connectivity index (χ1n) is 10.7. The summed E-state index contributed by atoms with van der Waals surface area (Å²) < 4.78 is 15.0. The van der Waals surface area contributed by atoms with Crippen molar-refractivity contribution in [1.82, 2.24) is 15.1 Å². The first kappa shape index (κ1) is 29.3. The summed E-state index contributed by atoms with van der Waals surface area (Å²) >= 11 is 0. The number of benzene rings is 1. The van der Waals surface area contributed by atoms with Gasteiger partial charge in [-0.15, -0.1) is 0 Å². The molecule has 0 aliphatic heterocycles. The van der Waals surface area contributed by atoms with Crippen LogP contribution < -0.4 is 40.0 Å². The van der Waals surface area contributed by atoms with Crippen molar-refractivity contribution in [2.24, 2.45) is 0 Å². The van der Waals surface area contributed by atoms with E-state index in [0.717, 1.165) is 5.56 Å². The van der Waals surface area contributed by atoms with Crippen LogP contribution in [0.2, 0.25) is 0 Å². The molecule has 2 aromatic rings. The number of rotatable bonds is 11. The van der Waals surface area contributed by atoms with Crippen molar-refractivity contribution >= 4 is 11.9 Å². The van der Waals surface area contributed by atoms with Crippen LogP contribution in [0.1, 0.15) is 74.6 Å². The fraction of sp³-hybridized carbons (Fsp3) is 0.522. The second-order valence-electron chi connectivity index (χ2n) is 8.54. The predicted molar refractivity (Wildman–Crippen MR) is 115 cm³/mol. The molecule has 176 valence electrons. The van der Waals surface area contributed by atoms with Crippen molar-refractivity contribution in [1.29, 1.82) is 0 Å². The van der Waals surface area contributed by atoms with Gasteiger partial charge in [-0.25, -0.2) is 9.07 Å². The number of aliphatic hydroxyl groups excluding tert-OH is 2. The van der Waals surface area contributed by atoms with Crippen molar-refractivity contribution in [3.05, 3.63) is 47.0 Å². The number of carboxylic acid groups (broad SMARTS) is 1. The molecule has 0 aliphatic carbocycles. The molecule has 1 aromatic heterocycles. The van der Waals surface area contributed by atoms with Crippen molar-refractivity contribution in [3.8, 4) is 5.69 Å². The molecule has 1 amide bonds. The minimum absolute atomic E-state index is 0. The topological polar surface area (TPSA) is 128 Å². The van der Waals surface area contributed by atoms with Crippen molar-refractivity contribution < 1.29 is 58.9 Å². The molecule has 1 aromatic carbocycles. The quantitative estimate of drug-likeness (QED) is 0.341. The van der Waals surface area contributed by atoms with E-state index in [1.54, 1.807) is 16.8 Å². The third kappa shape index (κ3) is 8.50. The zero-order valence-electron chi connectivity index (χ0n) is 19.8. The van der Waals surface area contributed by atoms with Crippen molar-refractivity contribution in [3.63, 3.8) is 0 Å². The first-order valence-corrected chi connectivity index (χ1v) is 10.7. The summed E-state index contributed by atoms with van der Waals surface area (Å²) in [6.45, 7) is 7.56. The number of hydrogen-bond donors (Lipinski definition) is 3. The van der Waals surface area contributed by atoms with Gasteiger partial charge in [0.05, 0.1) is 17.9 Å². The zero-order valence-corrected chi connectivity index (χ0v) is 21.8. The van der Waals surface area contributed by atoms with Gasteiger partial charge in [0, 0.05) is 29.7 Å². The third-order valence-corrected chi connectivity index (χ3v) is 4.97. The summed E-state index contributed by atoms with van der Waals surface area (Å²) in [5, 5.41) is 38.1. The molecule has 8 nitrogen and oxygen atoms in total. The molecule has 0 saturated heterocycles. The van der Waals surface area contributed by atoms with Crippen LogP contribution in [0.3, 0.4) is 0 Å². The van der Waals surface area contributed by atoms with Crippen molar-refractivity contribution in [2.75, 3.05) is 0 Å². The average molecular weight is 472 g/mol. The number of amides is 1. The SMILES string of the molecule is CC(C)NC(=O)c1nn(-c2ccc(F)cc2)c(CC[C@@H](O)C[C@@H](O)CC(=O)[O-])c1C(C)C.[Na+]. The summed E-state index contributed by atoms with van der Waals surface area (Å²) in [6, 6.07) is 5.62. The smallest absolute Gasteiger partial charge is 0.550 e. The maximum absolute atomic E-state index is 13.5. The molecule has 33 heavy (non-hydrogen) atoms. The zero-order chi connectivity index (χ0) is 24.0. The van der Waals surface area contributed by atoms with E-state index in [-0.39, 0.29) is 66.0 Å². The van der Waals surface area contributed by atoms with Crippen LogP contribution in [0.5, 0.6) is 0 Å². The number of carbonyl (C=O) groups excluding carboxylic acids is 2. The van der Waals surface area contributed by atoms with E-state index in [0.29, 0.717) is 17.8 Å². The minimum atomic E-state index is -1.39.